The van der Waals surface area contributed by atoms with Crippen LogP contribution in [0.3, 0.4) is 0 Å². The average molecular weight is 253 g/mol. The second-order valence-corrected chi connectivity index (χ2v) is 4.54. The Morgan fingerprint density at radius 1 is 1.50 bits per heavy atom. The van der Waals surface area contributed by atoms with Gasteiger partial charge in [-0.3, -0.25) is 4.90 Å². The molecular weight excluding hydrogens is 230 g/mol. The SMILES string of the molecule is CCN1CCOC(C(NC)c2cnnn2CC)C1. The third-order valence-corrected chi connectivity index (χ3v) is 3.57. The summed E-state index contributed by atoms with van der Waals surface area (Å²) < 4.78 is 7.84. The molecule has 2 rings (SSSR count). The maximum atomic E-state index is 5.91. The van der Waals surface area contributed by atoms with E-state index in [0.29, 0.717) is 0 Å². The van der Waals surface area contributed by atoms with E-state index < -0.39 is 0 Å². The number of morpholine rings is 1. The zero-order chi connectivity index (χ0) is 13.0. The predicted octanol–water partition coefficient (Wildman–Crippen LogP) is 0.279. The lowest BCUT2D eigenvalue weighted by Crippen LogP contribution is -2.48. The molecule has 2 unspecified atom stereocenters. The molecule has 1 aliphatic rings. The number of ether oxygens (including phenoxy) is 1. The molecule has 102 valence electrons. The van der Waals surface area contributed by atoms with Crippen LogP contribution >= 0.6 is 0 Å². The van der Waals surface area contributed by atoms with Crippen molar-refractivity contribution in [3.05, 3.63) is 11.9 Å². The highest BCUT2D eigenvalue weighted by molar-refractivity contribution is 5.06. The molecule has 1 aliphatic heterocycles. The monoisotopic (exact) mass is 253 g/mol. The molecule has 0 spiro atoms. The number of hydrogen-bond acceptors (Lipinski definition) is 5. The third-order valence-electron chi connectivity index (χ3n) is 3.57. The highest BCUT2D eigenvalue weighted by Crippen LogP contribution is 2.21. The molecule has 0 radical (unpaired) electrons. The Bertz CT molecular complexity index is 367. The Hall–Kier alpha value is -0.980. The number of aromatic nitrogens is 3. The van der Waals surface area contributed by atoms with Crippen molar-refractivity contribution in [3.63, 3.8) is 0 Å². The zero-order valence-corrected chi connectivity index (χ0v) is 11.5. The van der Waals surface area contributed by atoms with E-state index in [0.717, 1.165) is 38.5 Å². The van der Waals surface area contributed by atoms with E-state index in [1.165, 1.54) is 0 Å². The van der Waals surface area contributed by atoms with Crippen LogP contribution in [0.5, 0.6) is 0 Å². The summed E-state index contributed by atoms with van der Waals surface area (Å²) in [5.74, 6) is 0. The van der Waals surface area contributed by atoms with Crippen molar-refractivity contribution in [1.82, 2.24) is 25.2 Å². The zero-order valence-electron chi connectivity index (χ0n) is 11.5. The van der Waals surface area contributed by atoms with Gasteiger partial charge in [0.05, 0.1) is 30.6 Å². The van der Waals surface area contributed by atoms with E-state index in [9.17, 15) is 0 Å². The average Bonchev–Trinajstić information content (AvgIpc) is 2.88. The van der Waals surface area contributed by atoms with Crippen molar-refractivity contribution in [2.45, 2.75) is 32.5 Å². The minimum atomic E-state index is 0.147. The fourth-order valence-electron chi connectivity index (χ4n) is 2.50. The highest BCUT2D eigenvalue weighted by atomic mass is 16.5. The van der Waals surface area contributed by atoms with Gasteiger partial charge >= 0.3 is 0 Å². The molecule has 0 bridgehead atoms. The molecule has 0 aromatic carbocycles. The van der Waals surface area contributed by atoms with Gasteiger partial charge < -0.3 is 10.1 Å². The van der Waals surface area contributed by atoms with Crippen LogP contribution in [0.15, 0.2) is 6.20 Å². The van der Waals surface area contributed by atoms with Gasteiger partial charge in [-0.2, -0.15) is 0 Å². The second-order valence-electron chi connectivity index (χ2n) is 4.54. The van der Waals surface area contributed by atoms with Gasteiger partial charge in [-0.25, -0.2) is 4.68 Å². The van der Waals surface area contributed by atoms with E-state index >= 15 is 0 Å². The molecule has 1 aromatic rings. The number of nitrogens with zero attached hydrogens (tertiary/aromatic N) is 4. The van der Waals surface area contributed by atoms with Gasteiger partial charge in [-0.15, -0.1) is 5.10 Å². The Labute approximate surface area is 108 Å². The highest BCUT2D eigenvalue weighted by Gasteiger charge is 2.30. The predicted molar refractivity (Wildman–Crippen MR) is 69.4 cm³/mol. The molecule has 0 saturated carbocycles. The van der Waals surface area contributed by atoms with Gasteiger partial charge in [0.1, 0.15) is 0 Å². The summed E-state index contributed by atoms with van der Waals surface area (Å²) in [6, 6.07) is 0.147. The Morgan fingerprint density at radius 3 is 3.00 bits per heavy atom. The number of aryl methyl sites for hydroxylation is 1. The van der Waals surface area contributed by atoms with Crippen LogP contribution in [-0.2, 0) is 11.3 Å². The molecule has 1 fully saturated rings. The number of rotatable bonds is 5. The van der Waals surface area contributed by atoms with Gasteiger partial charge in [0.2, 0.25) is 0 Å². The van der Waals surface area contributed by atoms with Crippen LogP contribution in [0.25, 0.3) is 0 Å². The molecule has 6 nitrogen and oxygen atoms in total. The summed E-state index contributed by atoms with van der Waals surface area (Å²) in [4.78, 5) is 2.42. The summed E-state index contributed by atoms with van der Waals surface area (Å²) >= 11 is 0. The van der Waals surface area contributed by atoms with Crippen molar-refractivity contribution >= 4 is 0 Å². The molecule has 18 heavy (non-hydrogen) atoms. The van der Waals surface area contributed by atoms with Crippen molar-refractivity contribution in [2.24, 2.45) is 0 Å². The quantitative estimate of drug-likeness (QED) is 0.817. The largest absolute Gasteiger partial charge is 0.374 e. The van der Waals surface area contributed by atoms with E-state index in [1.54, 1.807) is 0 Å². The van der Waals surface area contributed by atoms with Crippen LogP contribution in [-0.4, -0.2) is 59.3 Å². The molecule has 0 amide bonds. The van der Waals surface area contributed by atoms with Gasteiger partial charge in [0.25, 0.3) is 0 Å². The molecule has 1 N–H and O–H groups in total. The first-order valence-electron chi connectivity index (χ1n) is 6.69. The fourth-order valence-corrected chi connectivity index (χ4v) is 2.50. The Morgan fingerprint density at radius 2 is 2.33 bits per heavy atom. The van der Waals surface area contributed by atoms with Gasteiger partial charge in [-0.05, 0) is 20.5 Å². The maximum absolute atomic E-state index is 5.91. The fraction of sp³-hybridized carbons (Fsp3) is 0.833. The van der Waals surface area contributed by atoms with Gasteiger partial charge in [-0.1, -0.05) is 12.1 Å². The first-order chi connectivity index (χ1) is 8.80. The maximum Gasteiger partial charge on any atom is 0.0912 e. The topological polar surface area (TPSA) is 55.2 Å². The summed E-state index contributed by atoms with van der Waals surface area (Å²) in [6.07, 6.45) is 1.99. The van der Waals surface area contributed by atoms with E-state index in [1.807, 2.05) is 17.9 Å². The molecule has 2 atom stereocenters. The standard InChI is InChI=1S/C12H23N5O/c1-4-16-6-7-18-11(9-16)12(13-3)10-8-14-15-17(10)5-2/h8,11-13H,4-7,9H2,1-3H3. The van der Waals surface area contributed by atoms with Crippen molar-refractivity contribution < 1.29 is 4.74 Å². The van der Waals surface area contributed by atoms with Crippen LogP contribution in [0.4, 0.5) is 0 Å². The molecule has 1 saturated heterocycles. The van der Waals surface area contributed by atoms with E-state index in [2.05, 4.69) is 34.4 Å². The Kier molecular flexibility index (Phi) is 4.68. The number of hydrogen-bond donors (Lipinski definition) is 1. The summed E-state index contributed by atoms with van der Waals surface area (Å²) in [5, 5.41) is 11.4. The van der Waals surface area contributed by atoms with Crippen molar-refractivity contribution in [1.29, 1.82) is 0 Å². The molecule has 0 aliphatic carbocycles. The lowest BCUT2D eigenvalue weighted by atomic mass is 10.1. The van der Waals surface area contributed by atoms with Crippen LogP contribution in [0.1, 0.15) is 25.6 Å². The molecular formula is C12H23N5O. The smallest absolute Gasteiger partial charge is 0.0912 e. The molecule has 6 heteroatoms. The Balaban J connectivity index is 2.13. The number of nitrogens with one attached hydrogen (secondary N) is 1. The van der Waals surface area contributed by atoms with Crippen LogP contribution in [0, 0.1) is 0 Å². The van der Waals surface area contributed by atoms with Crippen molar-refractivity contribution in [3.8, 4) is 0 Å². The van der Waals surface area contributed by atoms with Crippen LogP contribution < -0.4 is 5.32 Å². The first-order valence-corrected chi connectivity index (χ1v) is 6.69. The summed E-state index contributed by atoms with van der Waals surface area (Å²) in [7, 11) is 1.96. The number of likely N-dealkylation sites (N-methyl/N-ethyl adjacent to an activating group) is 2. The summed E-state index contributed by atoms with van der Waals surface area (Å²) in [5.41, 5.74) is 1.10. The van der Waals surface area contributed by atoms with Gasteiger partial charge in [0, 0.05) is 19.6 Å². The first kappa shape index (κ1) is 13.5. The van der Waals surface area contributed by atoms with Crippen molar-refractivity contribution in [2.75, 3.05) is 33.3 Å². The van der Waals surface area contributed by atoms with Gasteiger partial charge in [0.15, 0.2) is 0 Å². The lowest BCUT2D eigenvalue weighted by Gasteiger charge is -2.36. The third kappa shape index (κ3) is 2.71. The minimum absolute atomic E-state index is 0.147. The summed E-state index contributed by atoms with van der Waals surface area (Å²) in [6.45, 7) is 8.94. The minimum Gasteiger partial charge on any atom is -0.374 e. The van der Waals surface area contributed by atoms with Crippen LogP contribution in [0.2, 0.25) is 0 Å². The van der Waals surface area contributed by atoms with E-state index in [-0.39, 0.29) is 12.1 Å². The lowest BCUT2D eigenvalue weighted by molar-refractivity contribution is -0.0457. The second kappa shape index (κ2) is 6.26. The normalized spacial score (nSPS) is 23.2. The molecule has 1 aromatic heterocycles. The van der Waals surface area contributed by atoms with E-state index in [4.69, 9.17) is 4.74 Å². The molecule has 2 heterocycles.